The standard InChI is InChI=1S/C18H32O16/c19-1-4-7(21)11(25)13(27)18(33-4)34-15-9(23)5(2-20)32-17(14(15)28)30-3-6-8(22)10(24)12(26)16(29)31-6/h4-29H,1-3H2/t4-,5-,6-,7-,8-,9-,10+,11+,12-,13-,14-,15+,16?,17+,18-/m1/s1. The van der Waals surface area contributed by atoms with E-state index in [4.69, 9.17) is 23.7 Å². The lowest BCUT2D eigenvalue weighted by molar-refractivity contribution is -0.364. The van der Waals surface area contributed by atoms with Crippen LogP contribution in [0.1, 0.15) is 0 Å². The molecule has 0 aromatic rings. The van der Waals surface area contributed by atoms with Crippen LogP contribution in [0, 0.1) is 0 Å². The number of hydrogen-bond donors (Lipinski definition) is 11. The van der Waals surface area contributed by atoms with Gasteiger partial charge in [-0.3, -0.25) is 0 Å². The smallest absolute Gasteiger partial charge is 0.187 e. The highest BCUT2D eigenvalue weighted by atomic mass is 16.7. The van der Waals surface area contributed by atoms with Crippen molar-refractivity contribution in [3.8, 4) is 0 Å². The first kappa shape index (κ1) is 27.9. The number of aliphatic hydroxyl groups is 11. The minimum atomic E-state index is -1.84. The van der Waals surface area contributed by atoms with E-state index in [2.05, 4.69) is 0 Å². The van der Waals surface area contributed by atoms with E-state index in [0.717, 1.165) is 0 Å². The summed E-state index contributed by atoms with van der Waals surface area (Å²) in [6.45, 7) is -2.11. The minimum Gasteiger partial charge on any atom is -0.394 e. The van der Waals surface area contributed by atoms with Gasteiger partial charge < -0.3 is 79.9 Å². The molecule has 0 radical (unpaired) electrons. The van der Waals surface area contributed by atoms with Gasteiger partial charge in [0.15, 0.2) is 18.9 Å². The van der Waals surface area contributed by atoms with Gasteiger partial charge >= 0.3 is 0 Å². The molecule has 3 aliphatic rings. The van der Waals surface area contributed by atoms with Gasteiger partial charge in [0.1, 0.15) is 73.2 Å². The monoisotopic (exact) mass is 504 g/mol. The maximum Gasteiger partial charge on any atom is 0.187 e. The quantitative estimate of drug-likeness (QED) is 0.154. The van der Waals surface area contributed by atoms with E-state index in [9.17, 15) is 56.2 Å². The summed E-state index contributed by atoms with van der Waals surface area (Å²) in [5, 5.41) is 109. The molecule has 0 bridgehead atoms. The van der Waals surface area contributed by atoms with Gasteiger partial charge in [0, 0.05) is 0 Å². The highest BCUT2D eigenvalue weighted by molar-refractivity contribution is 4.94. The van der Waals surface area contributed by atoms with Crippen molar-refractivity contribution in [2.45, 2.75) is 92.1 Å². The summed E-state index contributed by atoms with van der Waals surface area (Å²) in [6, 6.07) is 0. The number of ether oxygens (including phenoxy) is 5. The van der Waals surface area contributed by atoms with Gasteiger partial charge in [-0.05, 0) is 0 Å². The molecule has 3 aliphatic heterocycles. The number of aliphatic hydroxyl groups excluding tert-OH is 11. The molecule has 0 amide bonds. The summed E-state index contributed by atoms with van der Waals surface area (Å²) < 4.78 is 26.2. The van der Waals surface area contributed by atoms with E-state index < -0.39 is 112 Å². The minimum absolute atomic E-state index is 0.593. The molecular formula is C18H32O16. The fraction of sp³-hybridized carbons (Fsp3) is 1.00. The van der Waals surface area contributed by atoms with Crippen molar-refractivity contribution in [1.29, 1.82) is 0 Å². The maximum atomic E-state index is 10.7. The van der Waals surface area contributed by atoms with Crippen molar-refractivity contribution in [3.05, 3.63) is 0 Å². The Labute approximate surface area is 192 Å². The highest BCUT2D eigenvalue weighted by Crippen LogP contribution is 2.30. The molecule has 1 unspecified atom stereocenters. The van der Waals surface area contributed by atoms with Crippen molar-refractivity contribution in [3.63, 3.8) is 0 Å². The number of rotatable bonds is 7. The summed E-state index contributed by atoms with van der Waals surface area (Å²) in [5.41, 5.74) is 0. The maximum absolute atomic E-state index is 10.7. The predicted molar refractivity (Wildman–Crippen MR) is 101 cm³/mol. The molecule has 3 heterocycles. The van der Waals surface area contributed by atoms with Gasteiger partial charge in [0.05, 0.1) is 19.8 Å². The molecule has 0 aromatic carbocycles. The Balaban J connectivity index is 1.68. The molecule has 16 heteroatoms. The van der Waals surface area contributed by atoms with Gasteiger partial charge in [-0.1, -0.05) is 0 Å². The molecule has 16 nitrogen and oxygen atoms in total. The van der Waals surface area contributed by atoms with Gasteiger partial charge in [-0.25, -0.2) is 0 Å². The van der Waals surface area contributed by atoms with Crippen LogP contribution in [-0.4, -0.2) is 168 Å². The lowest BCUT2D eigenvalue weighted by atomic mass is 9.97. The normalized spacial score (nSPS) is 52.5. The third-order valence-corrected chi connectivity index (χ3v) is 6.07. The van der Waals surface area contributed by atoms with Crippen LogP contribution < -0.4 is 0 Å². The third-order valence-electron chi connectivity index (χ3n) is 6.07. The predicted octanol–water partition coefficient (Wildman–Crippen LogP) is -7.57. The lowest BCUT2D eigenvalue weighted by Gasteiger charge is -2.46. The topological polar surface area (TPSA) is 269 Å². The molecule has 15 atom stereocenters. The Morgan fingerprint density at radius 3 is 1.65 bits per heavy atom. The van der Waals surface area contributed by atoms with Crippen LogP contribution in [-0.2, 0) is 23.7 Å². The molecule has 0 aliphatic carbocycles. The molecule has 0 spiro atoms. The lowest BCUT2D eigenvalue weighted by Crippen LogP contribution is -2.65. The molecule has 0 aromatic heterocycles. The van der Waals surface area contributed by atoms with Crippen LogP contribution in [0.4, 0.5) is 0 Å². The van der Waals surface area contributed by atoms with Gasteiger partial charge in [-0.2, -0.15) is 0 Å². The van der Waals surface area contributed by atoms with Gasteiger partial charge in [-0.15, -0.1) is 0 Å². The SMILES string of the molecule is OC[C@H]1O[C@H](O[C@@H]2[C@@H](O)[C@@H](OC[C@H]3OC(O)[C@H](O)[C@@H](O)[C@@H]3O)O[C@H](CO)[C@H]2O)[C@H](O)[C@@H](O)[C@@H]1O. The highest BCUT2D eigenvalue weighted by Gasteiger charge is 2.51. The van der Waals surface area contributed by atoms with Crippen molar-refractivity contribution >= 4 is 0 Å². The van der Waals surface area contributed by atoms with Crippen LogP contribution in [0.5, 0.6) is 0 Å². The van der Waals surface area contributed by atoms with Crippen LogP contribution in [0.25, 0.3) is 0 Å². The second kappa shape index (κ2) is 11.6. The van der Waals surface area contributed by atoms with Crippen LogP contribution in [0.2, 0.25) is 0 Å². The summed E-state index contributed by atoms with van der Waals surface area (Å²) in [6.07, 6.45) is -24.9. The average molecular weight is 504 g/mol. The summed E-state index contributed by atoms with van der Waals surface area (Å²) in [4.78, 5) is 0. The van der Waals surface area contributed by atoms with E-state index in [0.29, 0.717) is 0 Å². The van der Waals surface area contributed by atoms with Crippen LogP contribution in [0.15, 0.2) is 0 Å². The molecule has 3 rings (SSSR count). The first-order valence-corrected chi connectivity index (χ1v) is 10.6. The van der Waals surface area contributed by atoms with E-state index in [1.165, 1.54) is 0 Å². The Morgan fingerprint density at radius 1 is 0.500 bits per heavy atom. The molecule has 3 saturated heterocycles. The zero-order valence-corrected chi connectivity index (χ0v) is 17.7. The first-order chi connectivity index (χ1) is 16.0. The summed E-state index contributed by atoms with van der Waals surface area (Å²) >= 11 is 0. The molecular weight excluding hydrogens is 472 g/mol. The van der Waals surface area contributed by atoms with Crippen molar-refractivity contribution in [2.75, 3.05) is 19.8 Å². The van der Waals surface area contributed by atoms with Crippen LogP contribution in [0.3, 0.4) is 0 Å². The molecule has 200 valence electrons. The molecule has 3 fully saturated rings. The van der Waals surface area contributed by atoms with E-state index >= 15 is 0 Å². The van der Waals surface area contributed by atoms with E-state index in [-0.39, 0.29) is 0 Å². The molecule has 11 N–H and O–H groups in total. The third kappa shape index (κ3) is 5.52. The summed E-state index contributed by atoms with van der Waals surface area (Å²) in [7, 11) is 0. The number of hydrogen-bond acceptors (Lipinski definition) is 16. The summed E-state index contributed by atoms with van der Waals surface area (Å²) in [5.74, 6) is 0. The second-order valence-electron chi connectivity index (χ2n) is 8.37. The first-order valence-electron chi connectivity index (χ1n) is 10.6. The zero-order valence-electron chi connectivity index (χ0n) is 17.7. The Kier molecular flexibility index (Phi) is 9.54. The second-order valence-corrected chi connectivity index (χ2v) is 8.37. The van der Waals surface area contributed by atoms with Gasteiger partial charge in [0.2, 0.25) is 0 Å². The average Bonchev–Trinajstić information content (AvgIpc) is 2.82. The zero-order chi connectivity index (χ0) is 25.3. The fourth-order valence-corrected chi connectivity index (χ4v) is 3.94. The Bertz CT molecular complexity index is 639. The van der Waals surface area contributed by atoms with Crippen LogP contribution >= 0.6 is 0 Å². The van der Waals surface area contributed by atoms with Crippen molar-refractivity contribution in [2.24, 2.45) is 0 Å². The Morgan fingerprint density at radius 2 is 1.03 bits per heavy atom. The Hall–Kier alpha value is -0.640. The molecule has 0 saturated carbocycles. The van der Waals surface area contributed by atoms with E-state index in [1.807, 2.05) is 0 Å². The largest absolute Gasteiger partial charge is 0.394 e. The molecule has 34 heavy (non-hydrogen) atoms. The fourth-order valence-electron chi connectivity index (χ4n) is 3.94. The van der Waals surface area contributed by atoms with Gasteiger partial charge in [0.25, 0.3) is 0 Å². The van der Waals surface area contributed by atoms with Crippen molar-refractivity contribution < 1.29 is 79.9 Å². The van der Waals surface area contributed by atoms with Crippen molar-refractivity contribution in [1.82, 2.24) is 0 Å². The van der Waals surface area contributed by atoms with E-state index in [1.54, 1.807) is 0 Å².